The second-order valence-corrected chi connectivity index (χ2v) is 5.30. The molecule has 1 aromatic carbocycles. The number of rotatable bonds is 3. The van der Waals surface area contributed by atoms with Crippen molar-refractivity contribution in [2.75, 3.05) is 5.32 Å². The number of H-pyrrole nitrogens is 1. The third-order valence-corrected chi connectivity index (χ3v) is 3.57. The summed E-state index contributed by atoms with van der Waals surface area (Å²) >= 11 is 11.6. The van der Waals surface area contributed by atoms with Crippen LogP contribution in [-0.4, -0.2) is 21.0 Å². The number of hydrogen-bond acceptors (Lipinski definition) is 4. The summed E-state index contributed by atoms with van der Waals surface area (Å²) < 4.78 is 4.94. The molecule has 0 saturated carbocycles. The van der Waals surface area contributed by atoms with E-state index in [0.717, 1.165) is 5.56 Å². The van der Waals surface area contributed by atoms with Crippen LogP contribution >= 0.6 is 23.2 Å². The van der Waals surface area contributed by atoms with Crippen LogP contribution in [0.2, 0.25) is 10.2 Å². The zero-order valence-corrected chi connectivity index (χ0v) is 12.9. The summed E-state index contributed by atoms with van der Waals surface area (Å²) in [5.74, 6) is 0.579. The number of nitrogens with one attached hydrogen (secondary N) is 2. The number of amides is 1. The first-order valence-electron chi connectivity index (χ1n) is 6.29. The fraction of sp³-hybridized carbons (Fsp3) is 0.0714. The molecule has 2 N–H and O–H groups in total. The van der Waals surface area contributed by atoms with Crippen LogP contribution in [0.3, 0.4) is 0 Å². The summed E-state index contributed by atoms with van der Waals surface area (Å²) in [7, 11) is 0. The van der Waals surface area contributed by atoms with Gasteiger partial charge in [0.25, 0.3) is 5.91 Å². The zero-order chi connectivity index (χ0) is 15.7. The fourth-order valence-electron chi connectivity index (χ4n) is 1.88. The Morgan fingerprint density at radius 3 is 2.77 bits per heavy atom. The van der Waals surface area contributed by atoms with Gasteiger partial charge in [0, 0.05) is 18.2 Å². The minimum Gasteiger partial charge on any atom is -0.340 e. The molecule has 0 fully saturated rings. The zero-order valence-electron chi connectivity index (χ0n) is 11.4. The first-order valence-corrected chi connectivity index (χ1v) is 7.04. The van der Waals surface area contributed by atoms with Gasteiger partial charge in [-0.25, -0.2) is 0 Å². The van der Waals surface area contributed by atoms with E-state index in [0.29, 0.717) is 22.4 Å². The van der Waals surface area contributed by atoms with Crippen LogP contribution in [-0.2, 0) is 0 Å². The minimum atomic E-state index is -0.352. The molecule has 2 heterocycles. The molecule has 0 unspecified atom stereocenters. The molecule has 0 aliphatic carbocycles. The number of aromatic amines is 1. The minimum absolute atomic E-state index is 0.225. The van der Waals surface area contributed by atoms with E-state index in [-0.39, 0.29) is 16.8 Å². The summed E-state index contributed by atoms with van der Waals surface area (Å²) in [6.07, 6.45) is 0. The maximum absolute atomic E-state index is 12.1. The van der Waals surface area contributed by atoms with Crippen molar-refractivity contribution < 1.29 is 9.32 Å². The lowest BCUT2D eigenvalue weighted by Crippen LogP contribution is -2.12. The molecule has 3 aromatic rings. The molecule has 22 heavy (non-hydrogen) atoms. The van der Waals surface area contributed by atoms with Crippen molar-refractivity contribution in [3.8, 4) is 11.4 Å². The van der Waals surface area contributed by atoms with Gasteiger partial charge in [-0.3, -0.25) is 4.79 Å². The third kappa shape index (κ3) is 2.98. The number of hydrogen-bond donors (Lipinski definition) is 2. The monoisotopic (exact) mass is 336 g/mol. The maximum atomic E-state index is 12.1. The van der Waals surface area contributed by atoms with Crippen molar-refractivity contribution in [1.82, 2.24) is 15.1 Å². The lowest BCUT2D eigenvalue weighted by Gasteiger charge is -2.04. The number of aromatic nitrogens is 3. The van der Waals surface area contributed by atoms with Crippen LogP contribution < -0.4 is 5.32 Å². The quantitative estimate of drug-likeness (QED) is 0.758. The van der Waals surface area contributed by atoms with Crippen LogP contribution in [0.1, 0.15) is 16.4 Å². The van der Waals surface area contributed by atoms with Crippen LogP contribution in [0.4, 0.5) is 5.69 Å². The lowest BCUT2D eigenvalue weighted by molar-refractivity contribution is 0.102. The van der Waals surface area contributed by atoms with Gasteiger partial charge in [0.1, 0.15) is 10.8 Å². The molecule has 0 bridgehead atoms. The van der Waals surface area contributed by atoms with E-state index < -0.39 is 0 Å². The van der Waals surface area contributed by atoms with Crippen molar-refractivity contribution in [2.24, 2.45) is 0 Å². The molecule has 0 spiro atoms. The number of aryl methyl sites for hydroxylation is 1. The van der Waals surface area contributed by atoms with Gasteiger partial charge in [0.2, 0.25) is 11.7 Å². The van der Waals surface area contributed by atoms with Gasteiger partial charge in [-0.1, -0.05) is 40.5 Å². The van der Waals surface area contributed by atoms with Gasteiger partial charge in [0.05, 0.1) is 5.02 Å². The van der Waals surface area contributed by atoms with E-state index in [1.807, 2.05) is 6.07 Å². The van der Waals surface area contributed by atoms with Crippen LogP contribution in [0.25, 0.3) is 11.4 Å². The Morgan fingerprint density at radius 2 is 2.14 bits per heavy atom. The van der Waals surface area contributed by atoms with E-state index >= 15 is 0 Å². The summed E-state index contributed by atoms with van der Waals surface area (Å²) in [4.78, 5) is 19.0. The summed E-state index contributed by atoms with van der Waals surface area (Å²) in [6.45, 7) is 1.71. The van der Waals surface area contributed by atoms with Crippen molar-refractivity contribution in [2.45, 2.75) is 6.92 Å². The van der Waals surface area contributed by atoms with E-state index in [2.05, 4.69) is 20.4 Å². The molecule has 1 amide bonds. The highest BCUT2D eigenvalue weighted by Crippen LogP contribution is 2.23. The summed E-state index contributed by atoms with van der Waals surface area (Å²) in [6, 6.07) is 8.56. The normalized spacial score (nSPS) is 10.7. The molecule has 3 rings (SSSR count). The number of carbonyl (C=O) groups excluding carboxylic acids is 1. The van der Waals surface area contributed by atoms with Crippen molar-refractivity contribution in [3.05, 3.63) is 52.1 Å². The predicted molar refractivity (Wildman–Crippen MR) is 83.2 cm³/mol. The molecular formula is C14H10Cl2N4O2. The molecule has 0 aliphatic heterocycles. The standard InChI is InChI=1S/C14H10Cl2N4O2/c1-7-17-13(20-22-7)8-3-2-4-9(5-8)18-14(21)11-6-10(15)12(16)19-11/h2-6,19H,1H3,(H,18,21). The smallest absolute Gasteiger partial charge is 0.272 e. The lowest BCUT2D eigenvalue weighted by atomic mass is 10.2. The first-order chi connectivity index (χ1) is 10.5. The predicted octanol–water partition coefficient (Wildman–Crippen LogP) is 3.93. The largest absolute Gasteiger partial charge is 0.340 e. The maximum Gasteiger partial charge on any atom is 0.272 e. The average molecular weight is 337 g/mol. The topological polar surface area (TPSA) is 83.8 Å². The number of halogens is 2. The van der Waals surface area contributed by atoms with Gasteiger partial charge in [-0.2, -0.15) is 4.98 Å². The fourth-order valence-corrected chi connectivity index (χ4v) is 2.19. The Morgan fingerprint density at radius 1 is 1.32 bits per heavy atom. The van der Waals surface area contributed by atoms with Gasteiger partial charge in [-0.05, 0) is 18.2 Å². The number of carbonyl (C=O) groups is 1. The van der Waals surface area contributed by atoms with Gasteiger partial charge < -0.3 is 14.8 Å². The average Bonchev–Trinajstić information content (AvgIpc) is 3.06. The van der Waals surface area contributed by atoms with Crippen LogP contribution in [0.15, 0.2) is 34.9 Å². The highest BCUT2D eigenvalue weighted by Gasteiger charge is 2.13. The van der Waals surface area contributed by atoms with Crippen molar-refractivity contribution in [1.29, 1.82) is 0 Å². The number of anilines is 1. The van der Waals surface area contributed by atoms with Crippen molar-refractivity contribution in [3.63, 3.8) is 0 Å². The van der Waals surface area contributed by atoms with E-state index in [4.69, 9.17) is 27.7 Å². The molecule has 0 radical (unpaired) electrons. The summed E-state index contributed by atoms with van der Waals surface area (Å²) in [5.41, 5.74) is 1.60. The molecule has 112 valence electrons. The van der Waals surface area contributed by atoms with Gasteiger partial charge >= 0.3 is 0 Å². The molecule has 6 nitrogen and oxygen atoms in total. The Labute approximate surface area is 135 Å². The Kier molecular flexibility index (Phi) is 3.87. The van der Waals surface area contributed by atoms with E-state index in [1.165, 1.54) is 6.07 Å². The Balaban J connectivity index is 1.82. The van der Waals surface area contributed by atoms with Gasteiger partial charge in [-0.15, -0.1) is 0 Å². The number of nitrogens with zero attached hydrogens (tertiary/aromatic N) is 2. The first kappa shape index (κ1) is 14.6. The molecular weight excluding hydrogens is 327 g/mol. The Hall–Kier alpha value is -2.31. The van der Waals surface area contributed by atoms with Crippen LogP contribution in [0, 0.1) is 6.92 Å². The highest BCUT2D eigenvalue weighted by atomic mass is 35.5. The molecule has 0 aliphatic rings. The van der Waals surface area contributed by atoms with E-state index in [1.54, 1.807) is 25.1 Å². The second kappa shape index (κ2) is 5.82. The summed E-state index contributed by atoms with van der Waals surface area (Å²) in [5, 5.41) is 7.10. The Bertz CT molecular complexity index is 821. The third-order valence-electron chi connectivity index (χ3n) is 2.88. The molecule has 0 atom stereocenters. The van der Waals surface area contributed by atoms with E-state index in [9.17, 15) is 4.79 Å². The SMILES string of the molecule is Cc1nc(-c2cccc(NC(=O)c3cc(Cl)c(Cl)[nH]3)c2)no1. The van der Waals surface area contributed by atoms with Gasteiger partial charge in [0.15, 0.2) is 0 Å². The highest BCUT2D eigenvalue weighted by molar-refractivity contribution is 6.41. The second-order valence-electron chi connectivity index (χ2n) is 4.52. The number of benzene rings is 1. The molecule has 2 aromatic heterocycles. The molecule has 8 heteroatoms. The van der Waals surface area contributed by atoms with Crippen molar-refractivity contribution >= 4 is 34.8 Å². The molecule has 0 saturated heterocycles. The van der Waals surface area contributed by atoms with Crippen LogP contribution in [0.5, 0.6) is 0 Å².